The van der Waals surface area contributed by atoms with E-state index in [1.807, 2.05) is 0 Å². The van der Waals surface area contributed by atoms with Crippen molar-refractivity contribution in [2.75, 3.05) is 25.1 Å². The third-order valence-electron chi connectivity index (χ3n) is 3.31. The third kappa shape index (κ3) is 6.27. The van der Waals surface area contributed by atoms with Gasteiger partial charge in [-0.05, 0) is 0 Å². The van der Waals surface area contributed by atoms with Crippen molar-refractivity contribution < 1.29 is 61.7 Å². The molecule has 2 unspecified atom stereocenters. The maximum absolute atomic E-state index is 12.5. The molecule has 0 spiro atoms. The molecule has 0 saturated carbocycles. The Hall–Kier alpha value is -1.43. The fourth-order valence-electron chi connectivity index (χ4n) is 2.17. The van der Waals surface area contributed by atoms with Gasteiger partial charge in [-0.25, -0.2) is 17.7 Å². The van der Waals surface area contributed by atoms with Crippen molar-refractivity contribution in [2.45, 2.75) is 11.4 Å². The summed E-state index contributed by atoms with van der Waals surface area (Å²) in [6, 6.07) is -1.30. The maximum Gasteiger partial charge on any atom is 1.00 e. The van der Waals surface area contributed by atoms with E-state index in [2.05, 4.69) is 25.6 Å². The number of β-lactam (4-membered cyclic amide) rings is 1. The summed E-state index contributed by atoms with van der Waals surface area (Å²) in [5.74, 6) is -1.76. The molecular formula is C12H15N6NaO7S3. The number of carbonyl (C=O) groups excluding carboxylic acids is 3. The zero-order chi connectivity index (χ0) is 20.9. The number of nitrogens with zero attached hydrogens (tertiary/aromatic N) is 3. The van der Waals surface area contributed by atoms with Crippen molar-refractivity contribution in [3.63, 3.8) is 0 Å². The Balaban J connectivity index is 0.00000420. The molecular weight excluding hydrogens is 459 g/mol. The number of amides is 3. The van der Waals surface area contributed by atoms with Crippen molar-refractivity contribution in [3.05, 3.63) is 11.1 Å². The van der Waals surface area contributed by atoms with E-state index in [0.29, 0.717) is 6.41 Å². The molecule has 1 saturated heterocycles. The van der Waals surface area contributed by atoms with Gasteiger partial charge in [0.25, 0.3) is 11.8 Å². The van der Waals surface area contributed by atoms with Crippen LogP contribution in [0, 0.1) is 0 Å². The van der Waals surface area contributed by atoms with Gasteiger partial charge in [0.2, 0.25) is 6.41 Å². The second kappa shape index (κ2) is 11.1. The number of thioether (sulfide) groups is 1. The van der Waals surface area contributed by atoms with Gasteiger partial charge in [-0.15, -0.1) is 23.1 Å². The Morgan fingerprint density at radius 2 is 2.28 bits per heavy atom. The molecule has 1 aliphatic heterocycles. The largest absolute Gasteiger partial charge is 1.00 e. The van der Waals surface area contributed by atoms with Gasteiger partial charge in [0, 0.05) is 17.7 Å². The number of anilines is 1. The molecule has 0 aliphatic carbocycles. The van der Waals surface area contributed by atoms with E-state index in [1.54, 1.807) is 0 Å². The molecule has 1 aromatic heterocycles. The van der Waals surface area contributed by atoms with E-state index in [4.69, 9.17) is 5.73 Å². The molecule has 29 heavy (non-hydrogen) atoms. The van der Waals surface area contributed by atoms with E-state index in [-0.39, 0.29) is 62.7 Å². The number of rotatable bonds is 10. The summed E-state index contributed by atoms with van der Waals surface area (Å²) >= 11 is 1.95. The maximum atomic E-state index is 12.5. The molecule has 2 heterocycles. The Bertz CT molecular complexity index is 892. The summed E-state index contributed by atoms with van der Waals surface area (Å²) in [5, 5.41) is 8.68. The Kier molecular flexibility index (Phi) is 9.80. The zero-order valence-electron chi connectivity index (χ0n) is 15.2. The van der Waals surface area contributed by atoms with Crippen molar-refractivity contribution in [1.29, 1.82) is 0 Å². The summed E-state index contributed by atoms with van der Waals surface area (Å²) in [6.45, 7) is 0.167. The fraction of sp³-hybridized carbons (Fsp3) is 0.417. The summed E-state index contributed by atoms with van der Waals surface area (Å²) in [7, 11) is -3.87. The molecule has 4 N–H and O–H groups in total. The SMILES string of the molecule is CO/N=C(\C(=O)NC1C(=O)N(S(=O)(=O)[O-])C1SCCNC=O)c1csc(N)n1.[Na+]. The zero-order valence-corrected chi connectivity index (χ0v) is 19.7. The molecule has 17 heteroatoms. The molecule has 0 radical (unpaired) electrons. The minimum atomic E-state index is -5.07. The van der Waals surface area contributed by atoms with Gasteiger partial charge in [0.1, 0.15) is 24.2 Å². The minimum Gasteiger partial charge on any atom is -0.731 e. The standard InChI is InChI=1S/C12H16N6O7S3.Na/c1-25-17-7(6-4-27-12(13)15-6)9(20)16-8-10(21)18(28(22,23)24)11(8)26-3-2-14-5-19;/h4-5,8,11H,2-3H2,1H3,(H2,13,15)(H,14,19)(H,16,20)(H,22,23,24);/q;+1/p-1/b17-7-;. The molecule has 13 nitrogen and oxygen atoms in total. The van der Waals surface area contributed by atoms with Crippen LogP contribution in [-0.4, -0.2) is 77.0 Å². The van der Waals surface area contributed by atoms with Crippen LogP contribution in [0.4, 0.5) is 5.13 Å². The second-order valence-electron chi connectivity index (χ2n) is 5.07. The van der Waals surface area contributed by atoms with Gasteiger partial charge >= 0.3 is 29.6 Å². The average molecular weight is 474 g/mol. The molecule has 1 aliphatic rings. The van der Waals surface area contributed by atoms with Crippen molar-refractivity contribution in [3.8, 4) is 0 Å². The number of hydrogen-bond acceptors (Lipinski definition) is 12. The molecule has 0 bridgehead atoms. The molecule has 154 valence electrons. The summed E-state index contributed by atoms with van der Waals surface area (Å²) in [6.07, 6.45) is 0.445. The topological polar surface area (TPSA) is 196 Å². The Morgan fingerprint density at radius 3 is 2.79 bits per heavy atom. The molecule has 0 aromatic carbocycles. The van der Waals surface area contributed by atoms with Gasteiger partial charge in [-0.1, -0.05) is 5.16 Å². The van der Waals surface area contributed by atoms with Crippen LogP contribution >= 0.6 is 23.1 Å². The average Bonchev–Trinajstić information content (AvgIpc) is 3.04. The van der Waals surface area contributed by atoms with Crippen molar-refractivity contribution >= 4 is 62.5 Å². The monoisotopic (exact) mass is 474 g/mol. The summed E-state index contributed by atoms with van der Waals surface area (Å²) in [4.78, 5) is 43.4. The number of nitrogens with one attached hydrogen (secondary N) is 2. The Labute approximate surface area is 196 Å². The van der Waals surface area contributed by atoms with Gasteiger partial charge in [0.15, 0.2) is 21.1 Å². The van der Waals surface area contributed by atoms with Crippen LogP contribution in [0.5, 0.6) is 0 Å². The number of nitrogens with two attached hydrogens (primary N) is 1. The van der Waals surface area contributed by atoms with Gasteiger partial charge in [0.05, 0.1) is 0 Å². The van der Waals surface area contributed by atoms with Gasteiger partial charge in [-0.2, -0.15) is 0 Å². The van der Waals surface area contributed by atoms with Crippen LogP contribution in [0.1, 0.15) is 5.69 Å². The van der Waals surface area contributed by atoms with E-state index in [1.165, 1.54) is 12.5 Å². The smallest absolute Gasteiger partial charge is 0.731 e. The normalized spacial score (nSPS) is 19.0. The van der Waals surface area contributed by atoms with E-state index in [9.17, 15) is 27.4 Å². The number of thiazole rings is 1. The first-order chi connectivity index (χ1) is 13.2. The van der Waals surface area contributed by atoms with Gasteiger partial charge < -0.3 is 25.8 Å². The minimum absolute atomic E-state index is 0. The number of carbonyl (C=O) groups is 3. The van der Waals surface area contributed by atoms with E-state index < -0.39 is 33.5 Å². The van der Waals surface area contributed by atoms with E-state index in [0.717, 1.165) is 23.1 Å². The van der Waals surface area contributed by atoms with Crippen LogP contribution in [0.2, 0.25) is 0 Å². The summed E-state index contributed by atoms with van der Waals surface area (Å²) < 4.78 is 34.0. The third-order valence-corrected chi connectivity index (χ3v) is 6.27. The van der Waals surface area contributed by atoms with Crippen LogP contribution in [-0.2, 0) is 29.5 Å². The van der Waals surface area contributed by atoms with Crippen LogP contribution in [0.3, 0.4) is 0 Å². The molecule has 1 aromatic rings. The quantitative estimate of drug-likeness (QED) is 0.0560. The van der Waals surface area contributed by atoms with Gasteiger partial charge in [-0.3, -0.25) is 14.4 Å². The van der Waals surface area contributed by atoms with Crippen LogP contribution in [0.15, 0.2) is 10.5 Å². The first-order valence-corrected chi connectivity index (χ1v) is 10.7. The molecule has 3 amide bonds. The fourth-order valence-corrected chi connectivity index (χ4v) is 5.02. The summed E-state index contributed by atoms with van der Waals surface area (Å²) in [5.41, 5.74) is 5.34. The number of aromatic nitrogens is 1. The second-order valence-corrected chi connectivity index (χ2v) is 8.43. The molecule has 2 rings (SSSR count). The van der Waals surface area contributed by atoms with Crippen molar-refractivity contribution in [2.24, 2.45) is 5.16 Å². The van der Waals surface area contributed by atoms with Crippen LogP contribution < -0.4 is 45.9 Å². The molecule has 1 fully saturated rings. The number of oxime groups is 1. The van der Waals surface area contributed by atoms with Crippen LogP contribution in [0.25, 0.3) is 0 Å². The predicted octanol–water partition coefficient (Wildman–Crippen LogP) is -5.33. The first kappa shape index (κ1) is 25.6. The predicted molar refractivity (Wildman–Crippen MR) is 98.9 cm³/mol. The number of hydrogen-bond donors (Lipinski definition) is 3. The Morgan fingerprint density at radius 1 is 1.59 bits per heavy atom. The number of nitrogen functional groups attached to an aromatic ring is 1. The van der Waals surface area contributed by atoms with Crippen molar-refractivity contribution in [1.82, 2.24) is 19.9 Å². The molecule has 2 atom stereocenters. The van der Waals surface area contributed by atoms with E-state index >= 15 is 0 Å². The first-order valence-electron chi connectivity index (χ1n) is 7.41.